The summed E-state index contributed by atoms with van der Waals surface area (Å²) in [5.74, 6) is -0.763. The molecule has 0 spiro atoms. The summed E-state index contributed by atoms with van der Waals surface area (Å²) in [4.78, 5) is 41.8. The van der Waals surface area contributed by atoms with Gasteiger partial charge in [-0.1, -0.05) is 24.3 Å². The fourth-order valence-corrected chi connectivity index (χ4v) is 3.46. The second-order valence-corrected chi connectivity index (χ2v) is 7.00. The van der Waals surface area contributed by atoms with E-state index < -0.39 is 16.7 Å². The second-order valence-electron chi connectivity index (χ2n) is 7.00. The van der Waals surface area contributed by atoms with Crippen LogP contribution in [0.2, 0.25) is 0 Å². The van der Waals surface area contributed by atoms with E-state index in [9.17, 15) is 25.0 Å². The average Bonchev–Trinajstić information content (AvgIpc) is 3.18. The number of nitro benzene ring substituents is 1. The standard InChI is InChI=1S/C22H17N5O5/c23-13-18(22(29)26-9-11-32-12-10-26)19-16-3-1-2-4-17(16)20(24-19)25-21(28)14-5-7-15(8-6-14)27(30)31/h1-8H,9-12H2,(H,24,25,28). The molecule has 0 unspecified atom stereocenters. The fraction of sp³-hybridized carbons (Fsp3) is 0.182. The molecule has 0 atom stereocenters. The Kier molecular flexibility index (Phi) is 5.74. The van der Waals surface area contributed by atoms with Gasteiger partial charge in [0.05, 0.1) is 23.8 Å². The SMILES string of the molecule is N#CC(C(=O)N1CCOCC1)=C1N=C(NC(=O)c2ccc([N+](=O)[O-])cc2)c2ccccc21. The molecule has 0 aliphatic carbocycles. The summed E-state index contributed by atoms with van der Waals surface area (Å²) >= 11 is 0. The first-order chi connectivity index (χ1) is 15.5. The summed E-state index contributed by atoms with van der Waals surface area (Å²) < 4.78 is 5.26. The number of hydrogen-bond donors (Lipinski definition) is 1. The number of morpholine rings is 1. The number of nitrogens with zero attached hydrogens (tertiary/aromatic N) is 4. The van der Waals surface area contributed by atoms with E-state index in [4.69, 9.17) is 4.74 Å². The fourth-order valence-electron chi connectivity index (χ4n) is 3.46. The van der Waals surface area contributed by atoms with Gasteiger partial charge in [-0.15, -0.1) is 0 Å². The summed E-state index contributed by atoms with van der Waals surface area (Å²) in [7, 11) is 0. The summed E-state index contributed by atoms with van der Waals surface area (Å²) in [6, 6.07) is 14.1. The lowest BCUT2D eigenvalue weighted by Crippen LogP contribution is -2.41. The number of rotatable bonds is 3. The van der Waals surface area contributed by atoms with Gasteiger partial charge in [-0.2, -0.15) is 5.26 Å². The Bertz CT molecular complexity index is 1200. The van der Waals surface area contributed by atoms with E-state index in [1.54, 1.807) is 29.2 Å². The van der Waals surface area contributed by atoms with Crippen molar-refractivity contribution in [3.63, 3.8) is 0 Å². The molecule has 1 N–H and O–H groups in total. The van der Waals surface area contributed by atoms with Crippen molar-refractivity contribution < 1.29 is 19.2 Å². The predicted octanol–water partition coefficient (Wildman–Crippen LogP) is 1.88. The van der Waals surface area contributed by atoms with E-state index in [2.05, 4.69) is 10.3 Å². The Hall–Kier alpha value is -4.36. The van der Waals surface area contributed by atoms with Crippen molar-refractivity contribution >= 4 is 29.0 Å². The van der Waals surface area contributed by atoms with Gasteiger partial charge in [0.2, 0.25) is 0 Å². The third-order valence-electron chi connectivity index (χ3n) is 5.09. The highest BCUT2D eigenvalue weighted by atomic mass is 16.6. The molecule has 2 heterocycles. The van der Waals surface area contributed by atoms with Gasteiger partial charge in [-0.3, -0.25) is 19.7 Å². The van der Waals surface area contributed by atoms with E-state index >= 15 is 0 Å². The molecule has 1 saturated heterocycles. The number of fused-ring (bicyclic) bond motifs is 1. The number of ether oxygens (including phenoxy) is 1. The number of nitro groups is 1. The minimum Gasteiger partial charge on any atom is -0.378 e. The van der Waals surface area contributed by atoms with Crippen molar-refractivity contribution in [1.82, 2.24) is 10.2 Å². The molecule has 0 radical (unpaired) electrons. The summed E-state index contributed by atoms with van der Waals surface area (Å²) in [6.45, 7) is 1.56. The van der Waals surface area contributed by atoms with Crippen molar-refractivity contribution in [2.45, 2.75) is 0 Å². The first-order valence-electron chi connectivity index (χ1n) is 9.75. The van der Waals surface area contributed by atoms with Crippen molar-refractivity contribution in [2.75, 3.05) is 26.3 Å². The number of benzene rings is 2. The number of amides is 2. The quantitative estimate of drug-likeness (QED) is 0.341. The second kappa shape index (κ2) is 8.79. The van der Waals surface area contributed by atoms with Crippen LogP contribution < -0.4 is 5.32 Å². The molecule has 4 rings (SSSR count). The Morgan fingerprint density at radius 3 is 2.38 bits per heavy atom. The zero-order chi connectivity index (χ0) is 22.7. The van der Waals surface area contributed by atoms with Crippen LogP contribution in [0.4, 0.5) is 5.69 Å². The van der Waals surface area contributed by atoms with Crippen LogP contribution in [0.25, 0.3) is 5.70 Å². The van der Waals surface area contributed by atoms with E-state index in [1.165, 1.54) is 24.3 Å². The molecule has 0 bridgehead atoms. The van der Waals surface area contributed by atoms with E-state index in [0.29, 0.717) is 37.4 Å². The molecular formula is C22H17N5O5. The van der Waals surface area contributed by atoms with Crippen molar-refractivity contribution in [3.8, 4) is 6.07 Å². The molecule has 1 fully saturated rings. The number of carbonyl (C=O) groups is 2. The molecule has 160 valence electrons. The highest BCUT2D eigenvalue weighted by molar-refractivity contribution is 6.20. The molecule has 0 saturated carbocycles. The predicted molar refractivity (Wildman–Crippen MR) is 113 cm³/mol. The van der Waals surface area contributed by atoms with Gasteiger partial charge in [0.1, 0.15) is 17.5 Å². The zero-order valence-corrected chi connectivity index (χ0v) is 16.8. The van der Waals surface area contributed by atoms with Gasteiger partial charge in [0, 0.05) is 41.9 Å². The van der Waals surface area contributed by atoms with Gasteiger partial charge in [0.15, 0.2) is 0 Å². The third kappa shape index (κ3) is 3.97. The van der Waals surface area contributed by atoms with Crippen LogP contribution >= 0.6 is 0 Å². The maximum atomic E-state index is 12.9. The van der Waals surface area contributed by atoms with Crippen LogP contribution in [0.5, 0.6) is 0 Å². The molecule has 32 heavy (non-hydrogen) atoms. The highest BCUT2D eigenvalue weighted by Gasteiger charge is 2.30. The molecule has 2 aliphatic heterocycles. The first kappa shape index (κ1) is 20.9. The van der Waals surface area contributed by atoms with Gasteiger partial charge in [-0.25, -0.2) is 4.99 Å². The molecule has 0 aromatic heterocycles. The zero-order valence-electron chi connectivity index (χ0n) is 16.8. The van der Waals surface area contributed by atoms with E-state index in [0.717, 1.165) is 0 Å². The molecule has 10 nitrogen and oxygen atoms in total. The minimum atomic E-state index is -0.551. The van der Waals surface area contributed by atoms with Crippen molar-refractivity contribution in [3.05, 3.63) is 80.9 Å². The Morgan fingerprint density at radius 1 is 1.09 bits per heavy atom. The van der Waals surface area contributed by atoms with Gasteiger partial charge < -0.3 is 15.0 Å². The van der Waals surface area contributed by atoms with E-state index in [-0.39, 0.29) is 28.4 Å². The van der Waals surface area contributed by atoms with Crippen LogP contribution in [0.3, 0.4) is 0 Å². The Labute approximate surface area is 182 Å². The van der Waals surface area contributed by atoms with Crippen molar-refractivity contribution in [2.24, 2.45) is 4.99 Å². The monoisotopic (exact) mass is 431 g/mol. The highest BCUT2D eigenvalue weighted by Crippen LogP contribution is 2.31. The third-order valence-corrected chi connectivity index (χ3v) is 5.09. The van der Waals surface area contributed by atoms with Crippen molar-refractivity contribution in [1.29, 1.82) is 5.26 Å². The van der Waals surface area contributed by atoms with E-state index in [1.807, 2.05) is 6.07 Å². The van der Waals surface area contributed by atoms with Crippen LogP contribution in [0.15, 0.2) is 59.1 Å². The molecule has 10 heteroatoms. The summed E-state index contributed by atoms with van der Waals surface area (Å²) in [5.41, 5.74) is 1.29. The number of carbonyl (C=O) groups excluding carboxylic acids is 2. The number of amidine groups is 1. The largest absolute Gasteiger partial charge is 0.378 e. The molecule has 2 aliphatic rings. The van der Waals surface area contributed by atoms with Gasteiger partial charge in [0.25, 0.3) is 17.5 Å². The van der Waals surface area contributed by atoms with Crippen LogP contribution in [-0.4, -0.2) is 53.8 Å². The molecule has 2 amide bonds. The average molecular weight is 431 g/mol. The summed E-state index contributed by atoms with van der Waals surface area (Å²) in [6.07, 6.45) is 0. The molecule has 2 aromatic rings. The lowest BCUT2D eigenvalue weighted by Gasteiger charge is -2.26. The number of aliphatic imine (C=N–C) groups is 1. The van der Waals surface area contributed by atoms with Crippen LogP contribution in [0.1, 0.15) is 21.5 Å². The smallest absolute Gasteiger partial charge is 0.269 e. The van der Waals surface area contributed by atoms with Crippen LogP contribution in [-0.2, 0) is 9.53 Å². The summed E-state index contributed by atoms with van der Waals surface area (Å²) in [5, 5.41) is 23.2. The van der Waals surface area contributed by atoms with Gasteiger partial charge in [-0.05, 0) is 12.1 Å². The van der Waals surface area contributed by atoms with Crippen LogP contribution in [0, 0.1) is 21.4 Å². The van der Waals surface area contributed by atoms with Gasteiger partial charge >= 0.3 is 0 Å². The Balaban J connectivity index is 1.67. The lowest BCUT2D eigenvalue weighted by molar-refractivity contribution is -0.384. The normalized spacial score (nSPS) is 16.5. The minimum absolute atomic E-state index is 0.112. The number of hydrogen-bond acceptors (Lipinski definition) is 7. The maximum Gasteiger partial charge on any atom is 0.269 e. The first-order valence-corrected chi connectivity index (χ1v) is 9.75. The Morgan fingerprint density at radius 2 is 1.75 bits per heavy atom. The topological polar surface area (TPSA) is 138 Å². The molecule has 2 aromatic carbocycles. The lowest BCUT2D eigenvalue weighted by atomic mass is 10.0. The maximum absolute atomic E-state index is 12.9. The number of nitriles is 1. The number of non-ortho nitro benzene ring substituents is 1. The molecular weight excluding hydrogens is 414 g/mol. The number of nitrogens with one attached hydrogen (secondary N) is 1.